The predicted molar refractivity (Wildman–Crippen MR) is 73.7 cm³/mol. The molecule has 0 heterocycles. The van der Waals surface area contributed by atoms with Crippen LogP contribution in [0.25, 0.3) is 0 Å². The molecule has 0 amide bonds. The Morgan fingerprint density at radius 3 is 2.69 bits per heavy atom. The zero-order valence-electron chi connectivity index (χ0n) is 10.9. The molecule has 1 saturated carbocycles. The highest BCUT2D eigenvalue weighted by molar-refractivity contribution is 7.97. The van der Waals surface area contributed by atoms with Crippen molar-refractivity contribution >= 4 is 17.8 Å². The van der Waals surface area contributed by atoms with Gasteiger partial charge in [0.2, 0.25) is 0 Å². The lowest BCUT2D eigenvalue weighted by Crippen LogP contribution is -2.50. The third-order valence-electron chi connectivity index (χ3n) is 3.82. The molecule has 4 heteroatoms. The minimum atomic E-state index is 0.225. The van der Waals surface area contributed by atoms with Crippen LogP contribution in [0.1, 0.15) is 39.5 Å². The lowest BCUT2D eigenvalue weighted by molar-refractivity contribution is 0.122. The van der Waals surface area contributed by atoms with Crippen LogP contribution < -0.4 is 11.1 Å². The Hall–Kier alpha value is -0.220. The van der Waals surface area contributed by atoms with Crippen LogP contribution >= 0.6 is 11.9 Å². The summed E-state index contributed by atoms with van der Waals surface area (Å²) in [6.07, 6.45) is 7.16. The summed E-state index contributed by atoms with van der Waals surface area (Å²) in [7, 11) is 1.98. The van der Waals surface area contributed by atoms with Crippen molar-refractivity contribution in [3.63, 3.8) is 0 Å². The largest absolute Gasteiger partial charge is 0.385 e. The van der Waals surface area contributed by atoms with E-state index in [4.69, 9.17) is 5.73 Å². The van der Waals surface area contributed by atoms with Crippen molar-refractivity contribution in [1.82, 2.24) is 5.32 Å². The second-order valence-electron chi connectivity index (χ2n) is 5.31. The first kappa shape index (κ1) is 13.8. The van der Waals surface area contributed by atoms with Gasteiger partial charge in [-0.3, -0.25) is 0 Å². The van der Waals surface area contributed by atoms with Crippen molar-refractivity contribution in [2.45, 2.75) is 45.6 Å². The van der Waals surface area contributed by atoms with Gasteiger partial charge in [0, 0.05) is 6.26 Å². The molecule has 3 N–H and O–H groups in total. The first-order valence-electron chi connectivity index (χ1n) is 6.06. The molecule has 0 aromatic heterocycles. The Morgan fingerprint density at radius 1 is 1.50 bits per heavy atom. The SMILES string of the molecule is CN[C@@H](/C(N)=N/SC)[C@H]1CCCCC1(C)C. The average Bonchev–Trinajstić information content (AvgIpc) is 2.21. The first-order chi connectivity index (χ1) is 7.53. The van der Waals surface area contributed by atoms with E-state index in [2.05, 4.69) is 23.6 Å². The lowest BCUT2D eigenvalue weighted by Gasteiger charge is -2.42. The van der Waals surface area contributed by atoms with Crippen LogP contribution in [0.2, 0.25) is 0 Å². The van der Waals surface area contributed by atoms with Gasteiger partial charge >= 0.3 is 0 Å². The second-order valence-corrected chi connectivity index (χ2v) is 5.85. The predicted octanol–water partition coefficient (Wildman–Crippen LogP) is 2.43. The average molecular weight is 243 g/mol. The van der Waals surface area contributed by atoms with Crippen molar-refractivity contribution in [2.75, 3.05) is 13.3 Å². The quantitative estimate of drug-likeness (QED) is 0.453. The first-order valence-corrected chi connectivity index (χ1v) is 7.25. The summed E-state index contributed by atoms with van der Waals surface area (Å²) in [6.45, 7) is 4.71. The Bertz CT molecular complexity index is 251. The lowest BCUT2D eigenvalue weighted by atomic mass is 9.65. The van der Waals surface area contributed by atoms with Crippen molar-refractivity contribution in [1.29, 1.82) is 0 Å². The molecule has 0 aromatic rings. The molecule has 1 fully saturated rings. The zero-order chi connectivity index (χ0) is 12.2. The number of amidine groups is 1. The van der Waals surface area contributed by atoms with Gasteiger partial charge in [0.1, 0.15) is 5.84 Å². The summed E-state index contributed by atoms with van der Waals surface area (Å²) < 4.78 is 4.29. The van der Waals surface area contributed by atoms with Gasteiger partial charge in [-0.05, 0) is 43.2 Å². The van der Waals surface area contributed by atoms with Crippen LogP contribution in [0.3, 0.4) is 0 Å². The van der Waals surface area contributed by atoms with E-state index in [9.17, 15) is 0 Å². The van der Waals surface area contributed by atoms with E-state index < -0.39 is 0 Å². The zero-order valence-corrected chi connectivity index (χ0v) is 11.7. The van der Waals surface area contributed by atoms with Gasteiger partial charge in [0.25, 0.3) is 0 Å². The van der Waals surface area contributed by atoms with Gasteiger partial charge in [-0.2, -0.15) is 0 Å². The fraction of sp³-hybridized carbons (Fsp3) is 0.917. The number of nitrogens with two attached hydrogens (primary N) is 1. The van der Waals surface area contributed by atoms with Gasteiger partial charge in [0.05, 0.1) is 6.04 Å². The summed E-state index contributed by atoms with van der Waals surface area (Å²) in [5.41, 5.74) is 6.42. The summed E-state index contributed by atoms with van der Waals surface area (Å²) in [6, 6.07) is 0.225. The third-order valence-corrected chi connectivity index (χ3v) is 4.21. The van der Waals surface area contributed by atoms with Crippen LogP contribution in [-0.4, -0.2) is 25.2 Å². The summed E-state index contributed by atoms with van der Waals surface area (Å²) >= 11 is 1.44. The van der Waals surface area contributed by atoms with E-state index in [1.807, 2.05) is 13.3 Å². The number of nitrogens with one attached hydrogen (secondary N) is 1. The van der Waals surface area contributed by atoms with E-state index in [0.717, 1.165) is 5.84 Å². The van der Waals surface area contributed by atoms with Crippen LogP contribution in [-0.2, 0) is 0 Å². The number of rotatable bonds is 4. The van der Waals surface area contributed by atoms with Gasteiger partial charge in [-0.15, -0.1) is 0 Å². The molecule has 3 nitrogen and oxygen atoms in total. The maximum Gasteiger partial charge on any atom is 0.125 e. The number of hydrogen-bond acceptors (Lipinski definition) is 3. The van der Waals surface area contributed by atoms with E-state index >= 15 is 0 Å². The highest BCUT2D eigenvalue weighted by Crippen LogP contribution is 2.42. The maximum absolute atomic E-state index is 6.06. The molecule has 0 unspecified atom stereocenters. The topological polar surface area (TPSA) is 50.4 Å². The molecule has 0 saturated heterocycles. The molecule has 16 heavy (non-hydrogen) atoms. The molecule has 1 aliphatic rings. The summed E-state index contributed by atoms with van der Waals surface area (Å²) in [5.74, 6) is 1.34. The fourth-order valence-corrected chi connectivity index (χ4v) is 3.18. The molecule has 94 valence electrons. The number of hydrogen-bond donors (Lipinski definition) is 2. The van der Waals surface area contributed by atoms with E-state index in [1.54, 1.807) is 0 Å². The molecule has 0 aliphatic heterocycles. The Labute approximate surface area is 104 Å². The van der Waals surface area contributed by atoms with Crippen molar-refractivity contribution in [3.05, 3.63) is 0 Å². The van der Waals surface area contributed by atoms with Gasteiger partial charge in [0.15, 0.2) is 0 Å². The highest BCUT2D eigenvalue weighted by Gasteiger charge is 2.38. The van der Waals surface area contributed by atoms with Gasteiger partial charge in [-0.25, -0.2) is 4.40 Å². The minimum Gasteiger partial charge on any atom is -0.385 e. The molecule has 2 atom stereocenters. The highest BCUT2D eigenvalue weighted by atomic mass is 32.2. The normalized spacial score (nSPS) is 27.8. The number of nitrogens with zero attached hydrogens (tertiary/aromatic N) is 1. The van der Waals surface area contributed by atoms with E-state index in [1.165, 1.54) is 37.6 Å². The fourth-order valence-electron chi connectivity index (χ4n) is 2.86. The monoisotopic (exact) mass is 243 g/mol. The smallest absolute Gasteiger partial charge is 0.125 e. The molecule has 0 spiro atoms. The van der Waals surface area contributed by atoms with Crippen LogP contribution in [0, 0.1) is 11.3 Å². The summed E-state index contributed by atoms with van der Waals surface area (Å²) in [5, 5.41) is 3.34. The molecular weight excluding hydrogens is 218 g/mol. The molecule has 1 rings (SSSR count). The standard InChI is InChI=1S/C12H25N3S/c1-12(2)8-6-5-7-9(12)10(14-3)11(13)15-16-4/h9-10,14H,5-8H2,1-4H3,(H2,13,15)/t9-,10-/m1/s1. The molecule has 1 aliphatic carbocycles. The molecule has 0 radical (unpaired) electrons. The molecule has 0 bridgehead atoms. The van der Waals surface area contributed by atoms with Crippen LogP contribution in [0.15, 0.2) is 4.40 Å². The van der Waals surface area contributed by atoms with Crippen molar-refractivity contribution in [2.24, 2.45) is 21.5 Å². The third kappa shape index (κ3) is 3.14. The van der Waals surface area contributed by atoms with Crippen molar-refractivity contribution < 1.29 is 0 Å². The summed E-state index contributed by atoms with van der Waals surface area (Å²) in [4.78, 5) is 0. The van der Waals surface area contributed by atoms with Gasteiger partial charge in [-0.1, -0.05) is 26.7 Å². The Kier molecular flexibility index (Phi) is 5.12. The maximum atomic E-state index is 6.06. The number of likely N-dealkylation sites (N-methyl/N-ethyl adjacent to an activating group) is 1. The van der Waals surface area contributed by atoms with Crippen LogP contribution in [0.5, 0.6) is 0 Å². The van der Waals surface area contributed by atoms with E-state index in [-0.39, 0.29) is 6.04 Å². The molecular formula is C12H25N3S. The van der Waals surface area contributed by atoms with Crippen LogP contribution in [0.4, 0.5) is 0 Å². The Balaban J connectivity index is 2.82. The van der Waals surface area contributed by atoms with E-state index in [0.29, 0.717) is 11.3 Å². The minimum absolute atomic E-state index is 0.225. The second kappa shape index (κ2) is 5.92. The van der Waals surface area contributed by atoms with Gasteiger partial charge < -0.3 is 11.1 Å². The Morgan fingerprint density at radius 2 is 2.19 bits per heavy atom. The van der Waals surface area contributed by atoms with Crippen molar-refractivity contribution in [3.8, 4) is 0 Å². The molecule has 0 aromatic carbocycles.